The molecular weight excluding hydrogens is 490 g/mol. The van der Waals surface area contributed by atoms with Crippen molar-refractivity contribution in [1.29, 1.82) is 0 Å². The van der Waals surface area contributed by atoms with Crippen LogP contribution in [0.4, 0.5) is 0 Å². The van der Waals surface area contributed by atoms with Crippen LogP contribution in [0.1, 0.15) is 24.0 Å². The van der Waals surface area contributed by atoms with Gasteiger partial charge in [-0.3, -0.25) is 14.4 Å². The second-order valence-corrected chi connectivity index (χ2v) is 9.67. The fourth-order valence-electron chi connectivity index (χ4n) is 5.76. The number of ether oxygens (including phenoxy) is 1. The van der Waals surface area contributed by atoms with Crippen LogP contribution < -0.4 is 10.5 Å². The van der Waals surface area contributed by atoms with Crippen LogP contribution >= 0.6 is 11.6 Å². The number of rotatable bonds is 3. The minimum absolute atomic E-state index is 0.00154. The van der Waals surface area contributed by atoms with E-state index in [4.69, 9.17) is 22.1 Å². The van der Waals surface area contributed by atoms with Gasteiger partial charge in [-0.05, 0) is 54.2 Å². The lowest BCUT2D eigenvalue weighted by atomic mass is 9.59. The van der Waals surface area contributed by atoms with E-state index in [1.165, 1.54) is 13.2 Å². The average Bonchev–Trinajstić information content (AvgIpc) is 2.81. The predicted molar refractivity (Wildman–Crippen MR) is 128 cm³/mol. The summed E-state index contributed by atoms with van der Waals surface area (Å²) in [5.41, 5.74) is 3.34. The standard InChI is InChI=1S/C26H22ClNO8/c1-36-18-5-2-12(27)9-14(18)13-3-4-16(29)20-15(13)7-10-6-11-8-17(30)21(25(28)34)24(33)26(11,35)23(32)19(10)22(20)31/h2-5,9-11,29,31,33,35H,6-8H2,1H3,(H2,28,34)/t10-,11+,26+/m1/s1. The first-order valence-electron chi connectivity index (χ1n) is 11.2. The highest BCUT2D eigenvalue weighted by atomic mass is 35.5. The number of fused-ring (bicyclic) bond motifs is 3. The summed E-state index contributed by atoms with van der Waals surface area (Å²) < 4.78 is 5.47. The van der Waals surface area contributed by atoms with Crippen LogP contribution in [0.25, 0.3) is 16.9 Å². The number of aromatic hydroxyl groups is 1. The van der Waals surface area contributed by atoms with Crippen molar-refractivity contribution < 1.29 is 39.5 Å². The maximum atomic E-state index is 13.6. The fourth-order valence-corrected chi connectivity index (χ4v) is 5.94. The third kappa shape index (κ3) is 3.16. The molecule has 1 fully saturated rings. The molecule has 2 aromatic carbocycles. The molecule has 0 radical (unpaired) electrons. The Morgan fingerprint density at radius 2 is 1.83 bits per heavy atom. The van der Waals surface area contributed by atoms with E-state index >= 15 is 0 Å². The van der Waals surface area contributed by atoms with Crippen molar-refractivity contribution in [3.8, 4) is 22.6 Å². The Kier molecular flexibility index (Phi) is 5.38. The van der Waals surface area contributed by atoms with E-state index in [1.807, 2.05) is 0 Å². The zero-order valence-corrected chi connectivity index (χ0v) is 19.8. The van der Waals surface area contributed by atoms with Crippen LogP contribution in [0, 0.1) is 11.8 Å². The molecule has 3 atom stereocenters. The van der Waals surface area contributed by atoms with Gasteiger partial charge in [-0.15, -0.1) is 0 Å². The first-order valence-corrected chi connectivity index (χ1v) is 11.5. The molecule has 1 amide bonds. The number of aliphatic hydroxyl groups excluding tert-OH is 2. The van der Waals surface area contributed by atoms with Crippen LogP contribution in [0.2, 0.25) is 5.02 Å². The summed E-state index contributed by atoms with van der Waals surface area (Å²) in [5, 5.41) is 44.3. The minimum Gasteiger partial charge on any atom is -0.508 e. The molecule has 0 unspecified atom stereocenters. The zero-order valence-electron chi connectivity index (χ0n) is 19.0. The topological polar surface area (TPSA) is 167 Å². The van der Waals surface area contributed by atoms with Gasteiger partial charge in [-0.2, -0.15) is 0 Å². The smallest absolute Gasteiger partial charge is 0.255 e. The Morgan fingerprint density at radius 3 is 2.50 bits per heavy atom. The fraction of sp³-hybridized carbons (Fsp3) is 0.269. The summed E-state index contributed by atoms with van der Waals surface area (Å²) in [7, 11) is 1.50. The summed E-state index contributed by atoms with van der Waals surface area (Å²) in [6, 6.07) is 8.04. The van der Waals surface area contributed by atoms with E-state index in [1.54, 1.807) is 24.3 Å². The predicted octanol–water partition coefficient (Wildman–Crippen LogP) is 2.75. The highest BCUT2D eigenvalue weighted by molar-refractivity contribution is 6.31. The molecule has 6 N–H and O–H groups in total. The van der Waals surface area contributed by atoms with E-state index in [0.717, 1.165) is 0 Å². The number of carbonyl (C=O) groups is 3. The Bertz CT molecular complexity index is 1440. The molecule has 0 spiro atoms. The van der Waals surface area contributed by atoms with Gasteiger partial charge in [0.25, 0.3) is 5.91 Å². The van der Waals surface area contributed by atoms with Crippen molar-refractivity contribution in [3.05, 3.63) is 63.4 Å². The highest BCUT2D eigenvalue weighted by Crippen LogP contribution is 2.53. The molecule has 1 saturated carbocycles. The van der Waals surface area contributed by atoms with Gasteiger partial charge < -0.3 is 30.9 Å². The van der Waals surface area contributed by atoms with E-state index in [2.05, 4.69) is 0 Å². The van der Waals surface area contributed by atoms with Crippen molar-refractivity contribution in [1.82, 2.24) is 0 Å². The molecule has 9 nitrogen and oxygen atoms in total. The van der Waals surface area contributed by atoms with Gasteiger partial charge in [0.2, 0.25) is 5.78 Å². The molecule has 36 heavy (non-hydrogen) atoms. The number of phenols is 1. The van der Waals surface area contributed by atoms with Crippen molar-refractivity contribution in [2.24, 2.45) is 17.6 Å². The normalized spacial score (nSPS) is 25.3. The van der Waals surface area contributed by atoms with Crippen LogP contribution in [-0.2, 0) is 20.8 Å². The molecule has 0 saturated heterocycles. The lowest BCUT2D eigenvalue weighted by Gasteiger charge is -2.46. The summed E-state index contributed by atoms with van der Waals surface area (Å²) >= 11 is 6.22. The van der Waals surface area contributed by atoms with Crippen molar-refractivity contribution in [3.63, 3.8) is 0 Å². The highest BCUT2D eigenvalue weighted by Gasteiger charge is 2.60. The third-order valence-electron chi connectivity index (χ3n) is 7.40. The minimum atomic E-state index is -2.60. The molecular formula is C26H22ClNO8. The SMILES string of the molecule is COc1ccc(Cl)cc1-c1ccc(O)c2c1C[C@H]1C[C@H]3CC(=O)C(C(N)=O)=C(O)[C@@]3(O)C(=O)C1=C2O. The van der Waals surface area contributed by atoms with Gasteiger partial charge in [0.15, 0.2) is 11.4 Å². The number of aliphatic hydroxyl groups is 3. The number of methoxy groups -OCH3 is 1. The number of benzene rings is 2. The first kappa shape index (κ1) is 23.9. The quantitative estimate of drug-likeness (QED) is 0.392. The monoisotopic (exact) mass is 511 g/mol. The molecule has 186 valence electrons. The molecule has 3 aliphatic rings. The molecule has 0 heterocycles. The second-order valence-electron chi connectivity index (χ2n) is 9.24. The van der Waals surface area contributed by atoms with Gasteiger partial charge in [0, 0.05) is 28.5 Å². The summed E-state index contributed by atoms with van der Waals surface area (Å²) in [6.07, 6.45) is -0.157. The van der Waals surface area contributed by atoms with Crippen LogP contribution in [0.15, 0.2) is 47.2 Å². The first-order chi connectivity index (χ1) is 17.0. The molecule has 0 bridgehead atoms. The summed E-state index contributed by atoms with van der Waals surface area (Å²) in [4.78, 5) is 37.8. The van der Waals surface area contributed by atoms with Crippen molar-refractivity contribution in [2.45, 2.75) is 24.9 Å². The number of halogens is 1. The van der Waals surface area contributed by atoms with E-state index < -0.39 is 52.0 Å². The number of nitrogens with two attached hydrogens (primary N) is 1. The Balaban J connectivity index is 1.73. The lowest BCUT2D eigenvalue weighted by molar-refractivity contribution is -0.147. The molecule has 5 rings (SSSR count). The van der Waals surface area contributed by atoms with Gasteiger partial charge in [0.05, 0.1) is 12.7 Å². The maximum Gasteiger partial charge on any atom is 0.255 e. The van der Waals surface area contributed by atoms with E-state index in [0.29, 0.717) is 27.5 Å². The van der Waals surface area contributed by atoms with Crippen LogP contribution in [-0.4, -0.2) is 50.6 Å². The number of carbonyl (C=O) groups excluding carboxylic acids is 3. The zero-order chi connectivity index (χ0) is 26.1. The van der Waals surface area contributed by atoms with E-state index in [-0.39, 0.29) is 36.1 Å². The summed E-state index contributed by atoms with van der Waals surface area (Å²) in [5.74, 6) is -6.19. The van der Waals surface area contributed by atoms with Crippen molar-refractivity contribution in [2.75, 3.05) is 7.11 Å². The van der Waals surface area contributed by atoms with Gasteiger partial charge in [-0.25, -0.2) is 0 Å². The molecule has 2 aromatic rings. The number of phenolic OH excluding ortho intramolecular Hbond substituents is 1. The van der Waals surface area contributed by atoms with E-state index in [9.17, 15) is 34.8 Å². The molecule has 10 heteroatoms. The number of ketones is 2. The third-order valence-corrected chi connectivity index (χ3v) is 7.63. The van der Waals surface area contributed by atoms with Gasteiger partial charge in [-0.1, -0.05) is 17.7 Å². The van der Waals surface area contributed by atoms with Crippen molar-refractivity contribution >= 4 is 34.8 Å². The maximum absolute atomic E-state index is 13.6. The number of hydrogen-bond donors (Lipinski definition) is 5. The number of primary amides is 1. The van der Waals surface area contributed by atoms with Gasteiger partial charge in [0.1, 0.15) is 28.6 Å². The number of hydrogen-bond acceptors (Lipinski definition) is 8. The number of amides is 1. The van der Waals surface area contributed by atoms with Crippen LogP contribution in [0.5, 0.6) is 11.5 Å². The number of Topliss-reactive ketones (excluding diaryl/α,β-unsaturated/α-hetero) is 2. The largest absolute Gasteiger partial charge is 0.508 e. The molecule has 3 aliphatic carbocycles. The second kappa shape index (κ2) is 8.11. The Labute approximate surface area is 210 Å². The Morgan fingerprint density at radius 1 is 1.11 bits per heavy atom. The van der Waals surface area contributed by atoms with Crippen LogP contribution in [0.3, 0.4) is 0 Å². The average molecular weight is 512 g/mol. The molecule has 0 aromatic heterocycles. The molecule has 0 aliphatic heterocycles. The Hall–Kier alpha value is -3.82. The lowest BCUT2D eigenvalue weighted by Crippen LogP contribution is -2.58. The summed E-state index contributed by atoms with van der Waals surface area (Å²) in [6.45, 7) is 0. The van der Waals surface area contributed by atoms with Gasteiger partial charge >= 0.3 is 0 Å².